The van der Waals surface area contributed by atoms with Crippen LogP contribution in [0.3, 0.4) is 0 Å². The molecule has 7 aromatic rings. The molecule has 2 aliphatic carbocycles. The highest BCUT2D eigenvalue weighted by atomic mass is 15.2. The summed E-state index contributed by atoms with van der Waals surface area (Å²) in [5.74, 6) is 0. The fourth-order valence-electron chi connectivity index (χ4n) is 8.75. The van der Waals surface area contributed by atoms with Gasteiger partial charge in [0.05, 0.1) is 6.04 Å². The van der Waals surface area contributed by atoms with E-state index in [0.717, 1.165) is 74.4 Å². The number of hydrogen-bond acceptors (Lipinski definition) is 4. The van der Waals surface area contributed by atoms with E-state index in [2.05, 4.69) is 299 Å². The van der Waals surface area contributed by atoms with Gasteiger partial charge < -0.3 is 19.6 Å². The molecule has 0 saturated carbocycles. The van der Waals surface area contributed by atoms with Crippen molar-refractivity contribution in [3.8, 4) is 0 Å². The van der Waals surface area contributed by atoms with E-state index in [0.29, 0.717) is 6.42 Å². The Hall–Kier alpha value is -8.60. The van der Waals surface area contributed by atoms with Crippen molar-refractivity contribution < 1.29 is 0 Å². The molecule has 346 valence electrons. The van der Waals surface area contributed by atoms with Crippen molar-refractivity contribution in [1.82, 2.24) is 0 Å². The molecule has 0 saturated heterocycles. The van der Waals surface area contributed by atoms with E-state index in [1.54, 1.807) is 0 Å². The summed E-state index contributed by atoms with van der Waals surface area (Å²) in [4.78, 5) is 9.30. The minimum Gasteiger partial charge on any atom is -0.335 e. The van der Waals surface area contributed by atoms with Crippen LogP contribution in [0.5, 0.6) is 0 Å². The van der Waals surface area contributed by atoms with Crippen LogP contribution in [0.25, 0.3) is 5.57 Å². The number of rotatable bonds is 16. The summed E-state index contributed by atoms with van der Waals surface area (Å²) < 4.78 is 0. The highest BCUT2D eigenvalue weighted by Crippen LogP contribution is 2.40. The standard InChI is InChI=1S/C64H56N4.C2H6/c1-3-4-5-12-24-51(2)65(60-43-45-62(46-44-60)66(55-28-15-8-16-29-55)54-26-13-6-7-14-27-54)59-36-23-25-52(37-40-59)53-38-41-61(42-39-53)68(58-34-21-11-22-35-58)64-49-47-63(48-50-64)67(56-30-17-9-18-31-56)57-32-19-10-20-33-57;1-2/h3-23,25-26,28-50,59H,2,24,27H2,1H3;1-2H3/b4-3-,12-5?;. The predicted octanol–water partition coefficient (Wildman–Crippen LogP) is 18.6. The summed E-state index contributed by atoms with van der Waals surface area (Å²) in [6, 6.07) is 68.8. The molecule has 0 aromatic heterocycles. The molecule has 2 aliphatic rings. The van der Waals surface area contributed by atoms with Gasteiger partial charge in [-0.15, -0.1) is 0 Å². The third-order valence-corrected chi connectivity index (χ3v) is 12.0. The monoisotopic (exact) mass is 910 g/mol. The first-order chi connectivity index (χ1) is 34.6. The molecule has 0 heterocycles. The Bertz CT molecular complexity index is 2950. The second-order valence-electron chi connectivity index (χ2n) is 16.6. The van der Waals surface area contributed by atoms with Crippen molar-refractivity contribution in [2.75, 3.05) is 19.6 Å². The van der Waals surface area contributed by atoms with E-state index >= 15 is 0 Å². The van der Waals surface area contributed by atoms with Gasteiger partial charge in [0, 0.05) is 75.4 Å². The summed E-state index contributed by atoms with van der Waals surface area (Å²) in [5, 5.41) is 0. The third kappa shape index (κ3) is 11.7. The van der Waals surface area contributed by atoms with Crippen molar-refractivity contribution in [2.24, 2.45) is 0 Å². The molecule has 1 atom stereocenters. The zero-order valence-electron chi connectivity index (χ0n) is 40.5. The lowest BCUT2D eigenvalue weighted by Crippen LogP contribution is -2.31. The molecule has 0 amide bonds. The van der Waals surface area contributed by atoms with Crippen LogP contribution < -0.4 is 19.6 Å². The molecule has 0 bridgehead atoms. The highest BCUT2D eigenvalue weighted by molar-refractivity contribution is 5.83. The molecule has 4 heteroatoms. The fourth-order valence-corrected chi connectivity index (χ4v) is 8.75. The third-order valence-electron chi connectivity index (χ3n) is 12.0. The van der Waals surface area contributed by atoms with Gasteiger partial charge in [0.25, 0.3) is 0 Å². The van der Waals surface area contributed by atoms with Crippen molar-refractivity contribution in [2.45, 2.75) is 39.7 Å². The molecule has 0 aliphatic heterocycles. The molecule has 0 spiro atoms. The molecule has 7 aromatic carbocycles. The van der Waals surface area contributed by atoms with Gasteiger partial charge in [-0.2, -0.15) is 0 Å². The number of nitrogens with zero attached hydrogens (tertiary/aromatic N) is 4. The van der Waals surface area contributed by atoms with Gasteiger partial charge in [0.2, 0.25) is 0 Å². The first kappa shape index (κ1) is 47.9. The molecule has 9 rings (SSSR count). The Kier molecular flexibility index (Phi) is 16.7. The predicted molar refractivity (Wildman–Crippen MR) is 303 cm³/mol. The summed E-state index contributed by atoms with van der Waals surface area (Å²) in [6.07, 6.45) is 31.8. The number of hydrogen-bond donors (Lipinski definition) is 0. The Morgan fingerprint density at radius 3 is 1.41 bits per heavy atom. The van der Waals surface area contributed by atoms with Crippen LogP contribution in [0.4, 0.5) is 51.2 Å². The van der Waals surface area contributed by atoms with Crippen LogP contribution in [-0.2, 0) is 0 Å². The van der Waals surface area contributed by atoms with E-state index in [4.69, 9.17) is 0 Å². The molecule has 0 fully saturated rings. The number of benzene rings is 7. The van der Waals surface area contributed by atoms with Crippen LogP contribution in [0.2, 0.25) is 0 Å². The number of allylic oxidation sites excluding steroid dienone is 13. The smallest absolute Gasteiger partial charge is 0.0709 e. The SMILES string of the molecule is C=C(CC=C/C=C\C)N(c1ccc(N(C2=CC=CC=CC2)c2ccccc2)cc1)C1C=CC=C(c2ccc(N(c3ccccc3)c3ccc(N(c4ccccc4)c4ccccc4)cc3)cc2)C=C1.CC. The second kappa shape index (κ2) is 24.4. The van der Waals surface area contributed by atoms with Gasteiger partial charge in [0.15, 0.2) is 0 Å². The Labute approximate surface area is 416 Å². The number of para-hydroxylation sites is 4. The topological polar surface area (TPSA) is 13.0 Å². The largest absolute Gasteiger partial charge is 0.335 e. The van der Waals surface area contributed by atoms with E-state index in [-0.39, 0.29) is 6.04 Å². The van der Waals surface area contributed by atoms with Crippen molar-refractivity contribution in [3.63, 3.8) is 0 Å². The van der Waals surface area contributed by atoms with Crippen LogP contribution in [0.15, 0.2) is 297 Å². The van der Waals surface area contributed by atoms with Gasteiger partial charge in [-0.1, -0.05) is 184 Å². The zero-order valence-corrected chi connectivity index (χ0v) is 40.5. The fraction of sp³-hybridized carbons (Fsp3) is 0.0909. The average Bonchev–Trinajstić information content (AvgIpc) is 3.85. The summed E-state index contributed by atoms with van der Waals surface area (Å²) in [7, 11) is 0. The van der Waals surface area contributed by atoms with Crippen LogP contribution >= 0.6 is 0 Å². The number of anilines is 9. The molecular formula is C66H62N4. The summed E-state index contributed by atoms with van der Waals surface area (Å²) in [5.41, 5.74) is 14.4. The van der Waals surface area contributed by atoms with Crippen LogP contribution in [0.1, 0.15) is 39.2 Å². The average molecular weight is 911 g/mol. The second-order valence-corrected chi connectivity index (χ2v) is 16.6. The Morgan fingerprint density at radius 1 is 0.471 bits per heavy atom. The lowest BCUT2D eigenvalue weighted by molar-refractivity contribution is 0.866. The molecule has 70 heavy (non-hydrogen) atoms. The van der Waals surface area contributed by atoms with E-state index in [1.165, 1.54) is 5.70 Å². The normalized spacial score (nSPS) is 14.0. The van der Waals surface area contributed by atoms with Crippen molar-refractivity contribution in [3.05, 3.63) is 303 Å². The van der Waals surface area contributed by atoms with Gasteiger partial charge in [-0.25, -0.2) is 0 Å². The van der Waals surface area contributed by atoms with Crippen LogP contribution in [-0.4, -0.2) is 6.04 Å². The minimum absolute atomic E-state index is 0.0576. The summed E-state index contributed by atoms with van der Waals surface area (Å²) >= 11 is 0. The van der Waals surface area contributed by atoms with Crippen LogP contribution in [0, 0.1) is 0 Å². The molecule has 0 radical (unpaired) electrons. The molecule has 4 nitrogen and oxygen atoms in total. The minimum atomic E-state index is -0.0576. The van der Waals surface area contributed by atoms with Gasteiger partial charge in [0.1, 0.15) is 0 Å². The zero-order chi connectivity index (χ0) is 48.3. The molecular weight excluding hydrogens is 849 g/mol. The van der Waals surface area contributed by atoms with Crippen molar-refractivity contribution in [1.29, 1.82) is 0 Å². The molecule has 0 N–H and O–H groups in total. The maximum Gasteiger partial charge on any atom is 0.0709 e. The first-order valence-electron chi connectivity index (χ1n) is 24.4. The van der Waals surface area contributed by atoms with Gasteiger partial charge >= 0.3 is 0 Å². The lowest BCUT2D eigenvalue weighted by atomic mass is 10.0. The maximum atomic E-state index is 4.64. The van der Waals surface area contributed by atoms with E-state index < -0.39 is 0 Å². The van der Waals surface area contributed by atoms with Gasteiger partial charge in [-0.3, -0.25) is 0 Å². The van der Waals surface area contributed by atoms with E-state index in [9.17, 15) is 0 Å². The first-order valence-corrected chi connectivity index (χ1v) is 24.4. The molecule has 1 unspecified atom stereocenters. The quantitative estimate of drug-likeness (QED) is 0.0896. The van der Waals surface area contributed by atoms with Gasteiger partial charge in [-0.05, 0) is 133 Å². The summed E-state index contributed by atoms with van der Waals surface area (Å²) in [6.45, 7) is 10.7. The Balaban J connectivity index is 0.00000325. The highest BCUT2D eigenvalue weighted by Gasteiger charge is 2.21. The maximum absolute atomic E-state index is 4.64. The Morgan fingerprint density at radius 2 is 0.914 bits per heavy atom. The van der Waals surface area contributed by atoms with E-state index in [1.807, 2.05) is 26.8 Å². The lowest BCUT2D eigenvalue weighted by Gasteiger charge is -2.33. The van der Waals surface area contributed by atoms with Crippen molar-refractivity contribution >= 4 is 56.8 Å².